The number of carbonyl (C=O) groups excluding carboxylic acids is 2. The fourth-order valence-corrected chi connectivity index (χ4v) is 2.12. The summed E-state index contributed by atoms with van der Waals surface area (Å²) in [6, 6.07) is 14.2. The van der Waals surface area contributed by atoms with Crippen LogP contribution in [0.4, 0.5) is 5.69 Å². The molecule has 0 saturated heterocycles. The van der Waals surface area contributed by atoms with E-state index < -0.39 is 5.97 Å². The zero-order valence-corrected chi connectivity index (χ0v) is 12.8. The smallest absolute Gasteiger partial charge is 0.337 e. The Bertz CT molecular complexity index is 645. The highest BCUT2D eigenvalue weighted by Crippen LogP contribution is 2.13. The number of ether oxygens (including phenoxy) is 1. The van der Waals surface area contributed by atoms with Crippen molar-refractivity contribution in [3.05, 3.63) is 65.2 Å². The van der Waals surface area contributed by atoms with Gasteiger partial charge in [-0.1, -0.05) is 25.5 Å². The van der Waals surface area contributed by atoms with Crippen LogP contribution in [0.1, 0.15) is 39.6 Å². The standard InChI is InChI=1S/C18H19NO3/c1-3-4-13-5-7-14(8-6-13)17(20)19-16-11-9-15(10-12-16)18(21)22-2/h5-12H,3-4H2,1-2H3,(H,19,20). The number of carbonyl (C=O) groups is 2. The number of nitrogens with one attached hydrogen (secondary N) is 1. The maximum absolute atomic E-state index is 12.2. The Kier molecular flexibility index (Phi) is 5.31. The van der Waals surface area contributed by atoms with E-state index in [2.05, 4.69) is 17.0 Å². The maximum Gasteiger partial charge on any atom is 0.337 e. The molecule has 1 N–H and O–H groups in total. The Balaban J connectivity index is 2.03. The molecule has 2 aromatic rings. The van der Waals surface area contributed by atoms with Crippen LogP contribution in [0.15, 0.2) is 48.5 Å². The predicted molar refractivity (Wildman–Crippen MR) is 86.2 cm³/mol. The van der Waals surface area contributed by atoms with Crippen molar-refractivity contribution in [2.45, 2.75) is 19.8 Å². The van der Waals surface area contributed by atoms with Gasteiger partial charge in [0.1, 0.15) is 0 Å². The van der Waals surface area contributed by atoms with Crippen LogP contribution < -0.4 is 5.32 Å². The summed E-state index contributed by atoms with van der Waals surface area (Å²) in [4.78, 5) is 23.5. The minimum absolute atomic E-state index is 0.172. The molecule has 0 bridgehead atoms. The number of esters is 1. The second-order valence-electron chi connectivity index (χ2n) is 4.97. The van der Waals surface area contributed by atoms with Crippen LogP contribution in [-0.4, -0.2) is 19.0 Å². The van der Waals surface area contributed by atoms with Gasteiger partial charge in [-0.3, -0.25) is 4.79 Å². The van der Waals surface area contributed by atoms with Crippen molar-refractivity contribution in [2.75, 3.05) is 12.4 Å². The van der Waals surface area contributed by atoms with Gasteiger partial charge in [0, 0.05) is 11.3 Å². The molecule has 2 rings (SSSR count). The summed E-state index contributed by atoms with van der Waals surface area (Å²) in [5.41, 5.74) is 2.91. The van der Waals surface area contributed by atoms with Crippen LogP contribution in [0.2, 0.25) is 0 Å². The first-order valence-electron chi connectivity index (χ1n) is 7.22. The summed E-state index contributed by atoms with van der Waals surface area (Å²) in [5.74, 6) is -0.571. The second-order valence-corrected chi connectivity index (χ2v) is 4.97. The molecule has 0 aromatic heterocycles. The molecular weight excluding hydrogens is 278 g/mol. The number of anilines is 1. The van der Waals surface area contributed by atoms with Gasteiger partial charge < -0.3 is 10.1 Å². The number of hydrogen-bond acceptors (Lipinski definition) is 3. The molecule has 0 unspecified atom stereocenters. The van der Waals surface area contributed by atoms with E-state index in [9.17, 15) is 9.59 Å². The van der Waals surface area contributed by atoms with E-state index in [0.29, 0.717) is 16.8 Å². The normalized spacial score (nSPS) is 10.1. The van der Waals surface area contributed by atoms with E-state index in [1.165, 1.54) is 12.7 Å². The monoisotopic (exact) mass is 297 g/mol. The molecule has 0 fully saturated rings. The highest BCUT2D eigenvalue weighted by molar-refractivity contribution is 6.04. The number of benzene rings is 2. The van der Waals surface area contributed by atoms with E-state index in [0.717, 1.165) is 12.8 Å². The second kappa shape index (κ2) is 7.41. The molecule has 0 aliphatic carbocycles. The Hall–Kier alpha value is -2.62. The molecule has 2 aromatic carbocycles. The number of amides is 1. The molecule has 0 heterocycles. The Labute approximate surface area is 130 Å². The summed E-state index contributed by atoms with van der Waals surface area (Å²) in [6.07, 6.45) is 2.09. The lowest BCUT2D eigenvalue weighted by Crippen LogP contribution is -2.12. The van der Waals surface area contributed by atoms with Crippen molar-refractivity contribution >= 4 is 17.6 Å². The number of aryl methyl sites for hydroxylation is 1. The number of hydrogen-bond donors (Lipinski definition) is 1. The fourth-order valence-electron chi connectivity index (χ4n) is 2.12. The number of methoxy groups -OCH3 is 1. The molecule has 4 heteroatoms. The van der Waals surface area contributed by atoms with Gasteiger partial charge in [0.25, 0.3) is 5.91 Å². The zero-order chi connectivity index (χ0) is 15.9. The molecule has 0 spiro atoms. The molecule has 4 nitrogen and oxygen atoms in total. The summed E-state index contributed by atoms with van der Waals surface area (Å²) in [5, 5.41) is 2.80. The van der Waals surface area contributed by atoms with Gasteiger partial charge in [-0.05, 0) is 48.4 Å². The van der Waals surface area contributed by atoms with Crippen LogP contribution >= 0.6 is 0 Å². The fraction of sp³-hybridized carbons (Fsp3) is 0.222. The number of rotatable bonds is 5. The SMILES string of the molecule is CCCc1ccc(C(=O)Nc2ccc(C(=O)OC)cc2)cc1. The van der Waals surface area contributed by atoms with Gasteiger partial charge in [0.2, 0.25) is 0 Å². The van der Waals surface area contributed by atoms with Crippen LogP contribution in [-0.2, 0) is 11.2 Å². The largest absolute Gasteiger partial charge is 0.465 e. The Morgan fingerprint density at radius 2 is 1.55 bits per heavy atom. The summed E-state index contributed by atoms with van der Waals surface area (Å²) in [7, 11) is 1.33. The average molecular weight is 297 g/mol. The maximum atomic E-state index is 12.2. The summed E-state index contributed by atoms with van der Waals surface area (Å²) in [6.45, 7) is 2.12. The molecule has 0 saturated carbocycles. The van der Waals surface area contributed by atoms with E-state index in [1.807, 2.05) is 24.3 Å². The van der Waals surface area contributed by atoms with Crippen LogP contribution in [0.3, 0.4) is 0 Å². The highest BCUT2D eigenvalue weighted by Gasteiger charge is 2.08. The van der Waals surface area contributed by atoms with Crippen molar-refractivity contribution in [2.24, 2.45) is 0 Å². The van der Waals surface area contributed by atoms with Crippen molar-refractivity contribution < 1.29 is 14.3 Å². The molecule has 0 atom stereocenters. The third-order valence-corrected chi connectivity index (χ3v) is 3.32. The lowest BCUT2D eigenvalue weighted by molar-refractivity contribution is 0.0600. The molecule has 114 valence electrons. The van der Waals surface area contributed by atoms with Crippen LogP contribution in [0.25, 0.3) is 0 Å². The molecule has 0 aliphatic heterocycles. The molecule has 0 radical (unpaired) electrons. The first-order chi connectivity index (χ1) is 10.6. The van der Waals surface area contributed by atoms with Gasteiger partial charge >= 0.3 is 5.97 Å². The lowest BCUT2D eigenvalue weighted by atomic mass is 10.1. The lowest BCUT2D eigenvalue weighted by Gasteiger charge is -2.07. The van der Waals surface area contributed by atoms with Crippen molar-refractivity contribution in [1.82, 2.24) is 0 Å². The summed E-state index contributed by atoms with van der Waals surface area (Å²) >= 11 is 0. The van der Waals surface area contributed by atoms with E-state index in [-0.39, 0.29) is 5.91 Å². The Morgan fingerprint density at radius 1 is 0.955 bits per heavy atom. The third-order valence-electron chi connectivity index (χ3n) is 3.32. The van der Waals surface area contributed by atoms with Gasteiger partial charge in [0.05, 0.1) is 12.7 Å². The minimum Gasteiger partial charge on any atom is -0.465 e. The molecule has 1 amide bonds. The molecular formula is C18H19NO3. The first-order valence-corrected chi connectivity index (χ1v) is 7.22. The Morgan fingerprint density at radius 3 is 2.09 bits per heavy atom. The zero-order valence-electron chi connectivity index (χ0n) is 12.8. The van der Waals surface area contributed by atoms with E-state index in [4.69, 9.17) is 0 Å². The minimum atomic E-state index is -0.399. The van der Waals surface area contributed by atoms with E-state index in [1.54, 1.807) is 24.3 Å². The average Bonchev–Trinajstić information content (AvgIpc) is 2.55. The first kappa shape index (κ1) is 15.8. The van der Waals surface area contributed by atoms with Crippen LogP contribution in [0, 0.1) is 0 Å². The molecule has 0 aliphatic rings. The highest BCUT2D eigenvalue weighted by atomic mass is 16.5. The van der Waals surface area contributed by atoms with Gasteiger partial charge in [-0.15, -0.1) is 0 Å². The quantitative estimate of drug-likeness (QED) is 0.857. The van der Waals surface area contributed by atoms with Gasteiger partial charge in [0.15, 0.2) is 0 Å². The van der Waals surface area contributed by atoms with Crippen molar-refractivity contribution in [3.63, 3.8) is 0 Å². The molecule has 22 heavy (non-hydrogen) atoms. The van der Waals surface area contributed by atoms with E-state index >= 15 is 0 Å². The van der Waals surface area contributed by atoms with Gasteiger partial charge in [-0.25, -0.2) is 4.79 Å². The van der Waals surface area contributed by atoms with Gasteiger partial charge in [-0.2, -0.15) is 0 Å². The summed E-state index contributed by atoms with van der Waals surface area (Å²) < 4.78 is 4.63. The van der Waals surface area contributed by atoms with Crippen molar-refractivity contribution in [3.8, 4) is 0 Å². The van der Waals surface area contributed by atoms with Crippen molar-refractivity contribution in [1.29, 1.82) is 0 Å². The topological polar surface area (TPSA) is 55.4 Å². The third kappa shape index (κ3) is 3.95. The van der Waals surface area contributed by atoms with Crippen LogP contribution in [0.5, 0.6) is 0 Å². The predicted octanol–water partition coefficient (Wildman–Crippen LogP) is 3.68.